The number of benzene rings is 1. The number of hydrogen-bond donors (Lipinski definition) is 2. The maximum absolute atomic E-state index is 11.4. The van der Waals surface area contributed by atoms with Crippen LogP contribution in [0, 0.1) is 0 Å². The van der Waals surface area contributed by atoms with Crippen molar-refractivity contribution in [2.24, 2.45) is 7.05 Å². The first-order valence-corrected chi connectivity index (χ1v) is 6.21. The fraction of sp³-hybridized carbons (Fsp3) is 0.286. The molecular formula is C14H16N2O4. The molecule has 0 aliphatic heterocycles. The van der Waals surface area contributed by atoms with Crippen molar-refractivity contribution in [3.8, 4) is 5.75 Å². The number of fused-ring (bicyclic) bond motifs is 1. The third-order valence-corrected chi connectivity index (χ3v) is 2.99. The molecule has 20 heavy (non-hydrogen) atoms. The van der Waals surface area contributed by atoms with Crippen LogP contribution in [0.1, 0.15) is 24.3 Å². The summed E-state index contributed by atoms with van der Waals surface area (Å²) >= 11 is 0. The van der Waals surface area contributed by atoms with E-state index in [4.69, 9.17) is 4.74 Å². The van der Waals surface area contributed by atoms with E-state index >= 15 is 0 Å². The van der Waals surface area contributed by atoms with Crippen molar-refractivity contribution in [2.45, 2.75) is 13.8 Å². The van der Waals surface area contributed by atoms with E-state index in [2.05, 4.69) is 5.32 Å². The molecule has 0 fully saturated rings. The van der Waals surface area contributed by atoms with Crippen LogP contribution in [-0.4, -0.2) is 28.2 Å². The summed E-state index contributed by atoms with van der Waals surface area (Å²) in [7, 11) is 1.65. The molecule has 0 spiro atoms. The predicted octanol–water partition coefficient (Wildman–Crippen LogP) is 2.23. The Morgan fingerprint density at radius 3 is 2.65 bits per heavy atom. The van der Waals surface area contributed by atoms with Gasteiger partial charge in [-0.25, -0.2) is 4.79 Å². The first-order valence-electron chi connectivity index (χ1n) is 6.21. The highest BCUT2D eigenvalue weighted by Crippen LogP contribution is 2.33. The molecule has 0 atom stereocenters. The van der Waals surface area contributed by atoms with Crippen LogP contribution in [0.2, 0.25) is 0 Å². The largest absolute Gasteiger partial charge is 0.494 e. The number of anilines is 1. The lowest BCUT2D eigenvalue weighted by Crippen LogP contribution is -2.12. The zero-order chi connectivity index (χ0) is 14.9. The van der Waals surface area contributed by atoms with E-state index in [1.165, 1.54) is 6.92 Å². The van der Waals surface area contributed by atoms with Crippen LogP contribution in [0.3, 0.4) is 0 Å². The van der Waals surface area contributed by atoms with Gasteiger partial charge in [0, 0.05) is 19.4 Å². The molecule has 0 saturated carbocycles. The second-order valence-corrected chi connectivity index (χ2v) is 4.38. The van der Waals surface area contributed by atoms with Gasteiger partial charge in [-0.3, -0.25) is 4.79 Å². The van der Waals surface area contributed by atoms with Gasteiger partial charge in [-0.1, -0.05) is 0 Å². The number of nitrogens with zero attached hydrogens (tertiary/aromatic N) is 1. The highest BCUT2D eigenvalue weighted by molar-refractivity contribution is 6.11. The third kappa shape index (κ3) is 2.32. The number of nitrogens with one attached hydrogen (secondary N) is 1. The Morgan fingerprint density at radius 2 is 2.10 bits per heavy atom. The Kier molecular flexibility index (Phi) is 3.65. The molecule has 106 valence electrons. The first kappa shape index (κ1) is 13.9. The maximum Gasteiger partial charge on any atom is 0.354 e. The van der Waals surface area contributed by atoms with Crippen molar-refractivity contribution in [3.05, 3.63) is 23.9 Å². The number of aromatic carboxylic acids is 1. The summed E-state index contributed by atoms with van der Waals surface area (Å²) in [6.07, 6.45) is 0. The highest BCUT2D eigenvalue weighted by Gasteiger charge is 2.21. The van der Waals surface area contributed by atoms with Crippen molar-refractivity contribution < 1.29 is 19.4 Å². The van der Waals surface area contributed by atoms with E-state index in [-0.39, 0.29) is 11.6 Å². The molecular weight excluding hydrogens is 260 g/mol. The summed E-state index contributed by atoms with van der Waals surface area (Å²) in [4.78, 5) is 22.7. The van der Waals surface area contributed by atoms with Crippen LogP contribution < -0.4 is 10.1 Å². The maximum atomic E-state index is 11.4. The van der Waals surface area contributed by atoms with Gasteiger partial charge >= 0.3 is 5.97 Å². The standard InChI is InChI=1S/C14H16N2O4/c1-4-20-9-5-6-11-10(7-9)12(15-8(2)17)13(14(18)19)16(11)3/h5-7H,4H2,1-3H3,(H,15,17)(H,18,19). The van der Waals surface area contributed by atoms with Crippen molar-refractivity contribution >= 4 is 28.5 Å². The molecule has 1 aromatic carbocycles. The first-order chi connectivity index (χ1) is 9.45. The van der Waals surface area contributed by atoms with Gasteiger partial charge in [-0.15, -0.1) is 0 Å². The number of aryl methyl sites for hydroxylation is 1. The average molecular weight is 276 g/mol. The number of amides is 1. The molecule has 0 saturated heterocycles. The average Bonchev–Trinajstić information content (AvgIpc) is 2.62. The quantitative estimate of drug-likeness (QED) is 0.897. The van der Waals surface area contributed by atoms with Gasteiger partial charge in [0.1, 0.15) is 5.75 Å². The van der Waals surface area contributed by atoms with Crippen LogP contribution in [0.25, 0.3) is 10.9 Å². The molecule has 6 heteroatoms. The number of aromatic nitrogens is 1. The minimum atomic E-state index is -1.09. The monoisotopic (exact) mass is 276 g/mol. The summed E-state index contributed by atoms with van der Waals surface area (Å²) < 4.78 is 6.95. The highest BCUT2D eigenvalue weighted by atomic mass is 16.5. The van der Waals surface area contributed by atoms with Gasteiger partial charge in [0.2, 0.25) is 5.91 Å². The van der Waals surface area contributed by atoms with Crippen LogP contribution in [0.4, 0.5) is 5.69 Å². The lowest BCUT2D eigenvalue weighted by molar-refractivity contribution is -0.114. The Labute approximate surface area is 116 Å². The van der Waals surface area contributed by atoms with Crippen LogP contribution >= 0.6 is 0 Å². The van der Waals surface area contributed by atoms with Gasteiger partial charge in [0.25, 0.3) is 0 Å². The minimum Gasteiger partial charge on any atom is -0.494 e. The number of carbonyl (C=O) groups excluding carboxylic acids is 1. The number of carbonyl (C=O) groups is 2. The second-order valence-electron chi connectivity index (χ2n) is 4.38. The van der Waals surface area contributed by atoms with E-state index in [0.29, 0.717) is 23.4 Å². The summed E-state index contributed by atoms with van der Waals surface area (Å²) in [5.74, 6) is -0.777. The third-order valence-electron chi connectivity index (χ3n) is 2.99. The number of carboxylic acids is 1. The zero-order valence-corrected chi connectivity index (χ0v) is 11.6. The summed E-state index contributed by atoms with van der Waals surface area (Å²) in [6, 6.07) is 5.28. The fourth-order valence-corrected chi connectivity index (χ4v) is 2.23. The van der Waals surface area contributed by atoms with Gasteiger partial charge in [0.15, 0.2) is 5.69 Å². The topological polar surface area (TPSA) is 80.6 Å². The van der Waals surface area contributed by atoms with Crippen molar-refractivity contribution in [2.75, 3.05) is 11.9 Å². The summed E-state index contributed by atoms with van der Waals surface area (Å²) in [5.41, 5.74) is 1.06. The molecule has 0 radical (unpaired) electrons. The molecule has 0 unspecified atom stereocenters. The van der Waals surface area contributed by atoms with Gasteiger partial charge in [-0.2, -0.15) is 0 Å². The molecule has 2 N–H and O–H groups in total. The summed E-state index contributed by atoms with van der Waals surface area (Å²) in [6.45, 7) is 3.73. The van der Waals surface area contributed by atoms with E-state index in [0.717, 1.165) is 5.52 Å². The van der Waals surface area contributed by atoms with E-state index in [9.17, 15) is 14.7 Å². The molecule has 2 rings (SSSR count). The Bertz CT molecular complexity index is 688. The minimum absolute atomic E-state index is 0.0452. The molecule has 6 nitrogen and oxygen atoms in total. The molecule has 1 amide bonds. The second kappa shape index (κ2) is 5.24. The Morgan fingerprint density at radius 1 is 1.40 bits per heavy atom. The van der Waals surface area contributed by atoms with E-state index < -0.39 is 5.97 Å². The molecule has 0 aliphatic rings. The van der Waals surface area contributed by atoms with E-state index in [1.54, 1.807) is 29.8 Å². The predicted molar refractivity (Wildman–Crippen MR) is 75.4 cm³/mol. The molecule has 2 aromatic rings. The SMILES string of the molecule is CCOc1ccc2c(c1)c(NC(C)=O)c(C(=O)O)n2C. The van der Waals surface area contributed by atoms with Gasteiger partial charge in [0.05, 0.1) is 17.8 Å². The van der Waals surface area contributed by atoms with Crippen molar-refractivity contribution in [1.29, 1.82) is 0 Å². The molecule has 0 bridgehead atoms. The van der Waals surface area contributed by atoms with Crippen LogP contribution in [0.5, 0.6) is 5.75 Å². The lowest BCUT2D eigenvalue weighted by atomic mass is 10.2. The van der Waals surface area contributed by atoms with Gasteiger partial charge in [-0.05, 0) is 25.1 Å². The van der Waals surface area contributed by atoms with Crippen molar-refractivity contribution in [1.82, 2.24) is 4.57 Å². The number of carboxylic acid groups (broad SMARTS) is 1. The number of hydrogen-bond acceptors (Lipinski definition) is 3. The van der Waals surface area contributed by atoms with Gasteiger partial charge < -0.3 is 19.7 Å². The Balaban J connectivity index is 2.73. The molecule has 1 aromatic heterocycles. The normalized spacial score (nSPS) is 10.6. The van der Waals surface area contributed by atoms with E-state index in [1.807, 2.05) is 6.92 Å². The molecule has 0 aliphatic carbocycles. The number of ether oxygens (including phenoxy) is 1. The Hall–Kier alpha value is -2.50. The van der Waals surface area contributed by atoms with Crippen LogP contribution in [-0.2, 0) is 11.8 Å². The lowest BCUT2D eigenvalue weighted by Gasteiger charge is -2.04. The molecule has 1 heterocycles. The van der Waals surface area contributed by atoms with Crippen molar-refractivity contribution in [3.63, 3.8) is 0 Å². The fourth-order valence-electron chi connectivity index (χ4n) is 2.23. The number of rotatable bonds is 4. The van der Waals surface area contributed by atoms with Crippen LogP contribution in [0.15, 0.2) is 18.2 Å². The smallest absolute Gasteiger partial charge is 0.354 e. The summed E-state index contributed by atoms with van der Waals surface area (Å²) in [5, 5.41) is 12.6. The zero-order valence-electron chi connectivity index (χ0n) is 11.6.